The van der Waals surface area contributed by atoms with Gasteiger partial charge < -0.3 is 0 Å². The van der Waals surface area contributed by atoms with Crippen LogP contribution < -0.4 is 0 Å². The average molecular weight is 333 g/mol. The van der Waals surface area contributed by atoms with E-state index in [-0.39, 0.29) is 5.56 Å². The molecular weight excluding hydrogens is 320 g/mol. The van der Waals surface area contributed by atoms with Crippen molar-refractivity contribution in [2.45, 2.75) is 0 Å². The molecule has 0 unspecified atom stereocenters. The van der Waals surface area contributed by atoms with Crippen molar-refractivity contribution in [3.05, 3.63) is 84.1 Å². The van der Waals surface area contributed by atoms with Crippen LogP contribution in [0.1, 0.15) is 5.56 Å². The minimum Gasteiger partial charge on any atom is -0.255 e. The maximum atomic E-state index is 13.8. The van der Waals surface area contributed by atoms with E-state index in [0.29, 0.717) is 0 Å². The fraction of sp³-hybridized carbons (Fsp3) is 0. The quantitative estimate of drug-likeness (QED) is 0.528. The number of para-hydroxylation sites is 1. The Kier molecular flexibility index (Phi) is 3.82. The van der Waals surface area contributed by atoms with E-state index >= 15 is 0 Å². The summed E-state index contributed by atoms with van der Waals surface area (Å²) in [6, 6.07) is 16.7. The number of hydrogen-bond donors (Lipinski definition) is 0. The van der Waals surface area contributed by atoms with Crippen LogP contribution in [0.25, 0.3) is 34.6 Å². The predicted molar refractivity (Wildman–Crippen MR) is 94.5 cm³/mol. The lowest BCUT2D eigenvalue weighted by molar-refractivity contribution is 0.598. The fourth-order valence-corrected chi connectivity index (χ4v) is 2.69. The summed E-state index contributed by atoms with van der Waals surface area (Å²) in [6.07, 6.45) is 4.83. The van der Waals surface area contributed by atoms with Crippen LogP contribution in [0.15, 0.2) is 66.9 Å². The number of rotatable bonds is 3. The number of benzene rings is 2. The van der Waals surface area contributed by atoms with Crippen LogP contribution in [0.4, 0.5) is 8.78 Å². The van der Waals surface area contributed by atoms with Crippen LogP contribution in [0.3, 0.4) is 0 Å². The van der Waals surface area contributed by atoms with Gasteiger partial charge in [-0.3, -0.25) is 4.98 Å². The van der Waals surface area contributed by atoms with Gasteiger partial charge in [-0.25, -0.2) is 13.5 Å². The molecule has 25 heavy (non-hydrogen) atoms. The van der Waals surface area contributed by atoms with Crippen molar-refractivity contribution in [1.29, 1.82) is 0 Å². The Bertz CT molecular complexity index is 1070. The molecule has 0 amide bonds. The number of nitrogens with zero attached hydrogens (tertiary/aromatic N) is 3. The first-order chi connectivity index (χ1) is 12.2. The van der Waals surface area contributed by atoms with Gasteiger partial charge in [-0.1, -0.05) is 24.3 Å². The van der Waals surface area contributed by atoms with Crippen LogP contribution in [-0.2, 0) is 0 Å². The third-order valence-corrected chi connectivity index (χ3v) is 3.87. The molecule has 0 atom stereocenters. The molecule has 2 aromatic heterocycles. The summed E-state index contributed by atoms with van der Waals surface area (Å²) < 4.78 is 28.8. The SMILES string of the molecule is Fc1ccc(F)c(C=Cn2nc(-c3ccccn3)c3ccccc32)c1. The van der Waals surface area contributed by atoms with E-state index in [9.17, 15) is 8.78 Å². The van der Waals surface area contributed by atoms with Gasteiger partial charge in [-0.2, -0.15) is 5.10 Å². The van der Waals surface area contributed by atoms with Gasteiger partial charge in [-0.15, -0.1) is 0 Å². The number of aromatic nitrogens is 3. The van der Waals surface area contributed by atoms with Crippen molar-refractivity contribution in [2.75, 3.05) is 0 Å². The minimum atomic E-state index is -0.487. The van der Waals surface area contributed by atoms with Gasteiger partial charge in [0, 0.05) is 23.3 Å². The number of fused-ring (bicyclic) bond motifs is 1. The molecule has 0 N–H and O–H groups in total. The van der Waals surface area contributed by atoms with Crippen LogP contribution in [-0.4, -0.2) is 14.8 Å². The average Bonchev–Trinajstić information content (AvgIpc) is 3.02. The second-order valence-corrected chi connectivity index (χ2v) is 5.51. The molecule has 0 radical (unpaired) electrons. The highest BCUT2D eigenvalue weighted by Gasteiger charge is 2.11. The van der Waals surface area contributed by atoms with Gasteiger partial charge in [0.05, 0.1) is 11.2 Å². The molecule has 2 aromatic carbocycles. The zero-order chi connectivity index (χ0) is 17.2. The molecule has 5 heteroatoms. The van der Waals surface area contributed by atoms with Crippen LogP contribution in [0.5, 0.6) is 0 Å². The molecule has 0 fully saturated rings. The summed E-state index contributed by atoms with van der Waals surface area (Å²) in [5.41, 5.74) is 2.51. The second-order valence-electron chi connectivity index (χ2n) is 5.51. The molecular formula is C20H13F2N3. The van der Waals surface area contributed by atoms with Gasteiger partial charge in [0.15, 0.2) is 0 Å². The van der Waals surface area contributed by atoms with E-state index in [1.54, 1.807) is 17.1 Å². The Labute approximate surface area is 142 Å². The van der Waals surface area contributed by atoms with Gasteiger partial charge in [0.25, 0.3) is 0 Å². The first kappa shape index (κ1) is 15.2. The van der Waals surface area contributed by atoms with Gasteiger partial charge in [0.2, 0.25) is 0 Å². The van der Waals surface area contributed by atoms with E-state index < -0.39 is 11.6 Å². The lowest BCUT2D eigenvalue weighted by Crippen LogP contribution is -1.91. The lowest BCUT2D eigenvalue weighted by Gasteiger charge is -1.98. The fourth-order valence-electron chi connectivity index (χ4n) is 2.69. The Morgan fingerprint density at radius 1 is 0.920 bits per heavy atom. The first-order valence-electron chi connectivity index (χ1n) is 7.74. The molecule has 0 saturated carbocycles. The van der Waals surface area contributed by atoms with E-state index in [4.69, 9.17) is 0 Å². The van der Waals surface area contributed by atoms with Crippen molar-refractivity contribution in [1.82, 2.24) is 14.8 Å². The summed E-state index contributed by atoms with van der Waals surface area (Å²) in [7, 11) is 0. The lowest BCUT2D eigenvalue weighted by atomic mass is 10.1. The maximum absolute atomic E-state index is 13.8. The third-order valence-electron chi connectivity index (χ3n) is 3.87. The molecule has 0 aliphatic heterocycles. The van der Waals surface area contributed by atoms with E-state index in [1.807, 2.05) is 42.5 Å². The topological polar surface area (TPSA) is 30.7 Å². The Hall–Kier alpha value is -3.34. The van der Waals surface area contributed by atoms with Gasteiger partial charge in [0.1, 0.15) is 17.3 Å². The molecule has 0 aliphatic rings. The van der Waals surface area contributed by atoms with Crippen molar-refractivity contribution >= 4 is 23.2 Å². The van der Waals surface area contributed by atoms with Crippen LogP contribution >= 0.6 is 0 Å². The van der Waals surface area contributed by atoms with Crippen LogP contribution in [0, 0.1) is 11.6 Å². The second kappa shape index (κ2) is 6.28. The molecule has 0 aliphatic carbocycles. The van der Waals surface area contributed by atoms with Crippen molar-refractivity contribution in [3.8, 4) is 11.4 Å². The zero-order valence-electron chi connectivity index (χ0n) is 13.1. The molecule has 0 saturated heterocycles. The maximum Gasteiger partial charge on any atom is 0.130 e. The Morgan fingerprint density at radius 2 is 1.76 bits per heavy atom. The van der Waals surface area contributed by atoms with Crippen LogP contribution in [0.2, 0.25) is 0 Å². The highest BCUT2D eigenvalue weighted by Crippen LogP contribution is 2.26. The summed E-state index contributed by atoms with van der Waals surface area (Å²) in [4.78, 5) is 4.35. The smallest absolute Gasteiger partial charge is 0.130 e. The summed E-state index contributed by atoms with van der Waals surface area (Å²) in [5.74, 6) is -0.973. The highest BCUT2D eigenvalue weighted by molar-refractivity contribution is 5.93. The largest absolute Gasteiger partial charge is 0.255 e. The summed E-state index contributed by atoms with van der Waals surface area (Å²) in [6.45, 7) is 0. The minimum absolute atomic E-state index is 0.166. The molecule has 4 rings (SSSR count). The van der Waals surface area contributed by atoms with Crippen molar-refractivity contribution < 1.29 is 8.78 Å². The third kappa shape index (κ3) is 2.92. The number of hydrogen-bond acceptors (Lipinski definition) is 2. The zero-order valence-corrected chi connectivity index (χ0v) is 13.1. The standard InChI is InChI=1S/C20H13F2N3/c21-15-8-9-17(22)14(13-15)10-12-25-19-7-2-1-5-16(19)20(24-25)18-6-3-4-11-23-18/h1-13H. The van der Waals surface area contributed by atoms with Gasteiger partial charge in [-0.05, 0) is 42.5 Å². The van der Waals surface area contributed by atoms with E-state index in [0.717, 1.165) is 40.5 Å². The first-order valence-corrected chi connectivity index (χ1v) is 7.74. The molecule has 3 nitrogen and oxygen atoms in total. The molecule has 2 heterocycles. The summed E-state index contributed by atoms with van der Waals surface area (Å²) >= 11 is 0. The Balaban J connectivity index is 1.83. The predicted octanol–water partition coefficient (Wildman–Crippen LogP) is 5.00. The van der Waals surface area contributed by atoms with Gasteiger partial charge >= 0.3 is 0 Å². The normalized spacial score (nSPS) is 11.4. The van der Waals surface area contributed by atoms with E-state index in [2.05, 4.69) is 10.1 Å². The monoisotopic (exact) mass is 333 g/mol. The molecule has 122 valence electrons. The van der Waals surface area contributed by atoms with Crippen molar-refractivity contribution in [2.24, 2.45) is 0 Å². The van der Waals surface area contributed by atoms with Crippen molar-refractivity contribution in [3.63, 3.8) is 0 Å². The highest BCUT2D eigenvalue weighted by atomic mass is 19.1. The number of halogens is 2. The molecule has 0 bridgehead atoms. The van der Waals surface area contributed by atoms with E-state index in [1.165, 1.54) is 6.08 Å². The molecule has 0 spiro atoms. The number of pyridine rings is 1. The summed E-state index contributed by atoms with van der Waals surface area (Å²) in [5, 5.41) is 5.51. The molecule has 4 aromatic rings. The Morgan fingerprint density at radius 3 is 2.60 bits per heavy atom.